The van der Waals surface area contributed by atoms with Crippen molar-refractivity contribution in [2.75, 3.05) is 19.8 Å². The summed E-state index contributed by atoms with van der Waals surface area (Å²) in [6.45, 7) is 4.54. The van der Waals surface area contributed by atoms with Crippen LogP contribution < -0.4 is 4.74 Å². The van der Waals surface area contributed by atoms with Gasteiger partial charge in [-0.25, -0.2) is 9.97 Å². The Morgan fingerprint density at radius 2 is 2.27 bits per heavy atom. The number of aromatic amines is 1. The Hall–Kier alpha value is -2.41. The van der Waals surface area contributed by atoms with Crippen LogP contribution in [0.25, 0.3) is 0 Å². The number of hydrogen-bond acceptors (Lipinski definition) is 5. The van der Waals surface area contributed by atoms with Crippen molar-refractivity contribution in [3.05, 3.63) is 41.6 Å². The average molecular weight is 304 g/mol. The third-order valence-electron chi connectivity index (χ3n) is 3.06. The lowest BCUT2D eigenvalue weighted by Gasteiger charge is -2.21. The summed E-state index contributed by atoms with van der Waals surface area (Å²) in [6, 6.07) is 3.36. The molecule has 22 heavy (non-hydrogen) atoms. The molecule has 0 fully saturated rings. The molecule has 0 radical (unpaired) electrons. The molecule has 0 spiro atoms. The Morgan fingerprint density at radius 1 is 1.45 bits per heavy atom. The van der Waals surface area contributed by atoms with Crippen LogP contribution in [0.5, 0.6) is 5.88 Å². The van der Waals surface area contributed by atoms with Gasteiger partial charge < -0.3 is 19.7 Å². The molecule has 0 aliphatic carbocycles. The minimum atomic E-state index is -0.238. The quantitative estimate of drug-likeness (QED) is 0.800. The summed E-state index contributed by atoms with van der Waals surface area (Å²) in [5, 5.41) is 9.22. The van der Waals surface area contributed by atoms with Crippen molar-refractivity contribution < 1.29 is 14.6 Å². The number of nitrogens with one attached hydrogen (secondary N) is 1. The number of imidazole rings is 1. The van der Waals surface area contributed by atoms with E-state index in [9.17, 15) is 9.90 Å². The summed E-state index contributed by atoms with van der Waals surface area (Å²) >= 11 is 0. The summed E-state index contributed by atoms with van der Waals surface area (Å²) in [5.41, 5.74) is 1.19. The van der Waals surface area contributed by atoms with E-state index in [1.165, 1.54) is 4.90 Å². The smallest absolute Gasteiger partial charge is 0.259 e. The van der Waals surface area contributed by atoms with E-state index in [1.807, 2.05) is 13.8 Å². The second-order valence-electron chi connectivity index (χ2n) is 4.73. The largest absolute Gasteiger partial charge is 0.477 e. The van der Waals surface area contributed by atoms with Gasteiger partial charge in [0.1, 0.15) is 11.4 Å². The van der Waals surface area contributed by atoms with Crippen LogP contribution in [0.15, 0.2) is 24.5 Å². The molecule has 0 atom stereocenters. The van der Waals surface area contributed by atoms with E-state index in [0.29, 0.717) is 24.6 Å². The molecule has 2 aromatic rings. The minimum Gasteiger partial charge on any atom is -0.477 e. The molecule has 7 nitrogen and oxygen atoms in total. The Kier molecular flexibility index (Phi) is 5.48. The molecule has 0 aliphatic heterocycles. The van der Waals surface area contributed by atoms with Crippen LogP contribution in [0.1, 0.15) is 28.8 Å². The van der Waals surface area contributed by atoms with Crippen LogP contribution in [0.4, 0.5) is 0 Å². The maximum atomic E-state index is 12.7. The van der Waals surface area contributed by atoms with Crippen LogP contribution in [0.3, 0.4) is 0 Å². The number of hydrogen-bond donors (Lipinski definition) is 2. The molecule has 2 rings (SSSR count). The molecule has 0 aromatic carbocycles. The first-order chi connectivity index (χ1) is 10.7. The van der Waals surface area contributed by atoms with Gasteiger partial charge in [0.25, 0.3) is 5.91 Å². The molecular formula is C15H20N4O3. The first kappa shape index (κ1) is 16.0. The predicted molar refractivity (Wildman–Crippen MR) is 80.6 cm³/mol. The van der Waals surface area contributed by atoms with E-state index in [-0.39, 0.29) is 19.1 Å². The third-order valence-corrected chi connectivity index (χ3v) is 3.06. The maximum Gasteiger partial charge on any atom is 0.259 e. The highest BCUT2D eigenvalue weighted by molar-refractivity contribution is 5.96. The van der Waals surface area contributed by atoms with Gasteiger partial charge in [0.05, 0.1) is 31.6 Å². The monoisotopic (exact) mass is 304 g/mol. The maximum absolute atomic E-state index is 12.7. The van der Waals surface area contributed by atoms with Crippen LogP contribution in [-0.2, 0) is 6.54 Å². The topological polar surface area (TPSA) is 91.3 Å². The second-order valence-corrected chi connectivity index (χ2v) is 4.73. The number of amides is 1. The summed E-state index contributed by atoms with van der Waals surface area (Å²) in [7, 11) is 0. The number of aromatic nitrogens is 3. The Labute approximate surface area is 129 Å². The third kappa shape index (κ3) is 3.82. The molecular weight excluding hydrogens is 284 g/mol. The molecule has 0 bridgehead atoms. The summed E-state index contributed by atoms with van der Waals surface area (Å²) in [6.07, 6.45) is 3.26. The molecule has 1 amide bonds. The number of aliphatic hydroxyl groups is 1. The van der Waals surface area contributed by atoms with Gasteiger partial charge in [-0.2, -0.15) is 0 Å². The van der Waals surface area contributed by atoms with Gasteiger partial charge in [-0.3, -0.25) is 4.79 Å². The van der Waals surface area contributed by atoms with Crippen LogP contribution in [-0.4, -0.2) is 50.6 Å². The van der Waals surface area contributed by atoms with Crippen molar-refractivity contribution in [3.8, 4) is 5.88 Å². The zero-order chi connectivity index (χ0) is 15.9. The fourth-order valence-electron chi connectivity index (χ4n) is 2.11. The highest BCUT2D eigenvalue weighted by Gasteiger charge is 2.21. The number of aryl methyl sites for hydroxylation is 1. The van der Waals surface area contributed by atoms with Crippen LogP contribution >= 0.6 is 0 Å². The van der Waals surface area contributed by atoms with Crippen molar-refractivity contribution in [2.45, 2.75) is 20.4 Å². The Morgan fingerprint density at radius 3 is 2.91 bits per heavy atom. The number of H-pyrrole nitrogens is 1. The summed E-state index contributed by atoms with van der Waals surface area (Å²) < 4.78 is 5.40. The highest BCUT2D eigenvalue weighted by Crippen LogP contribution is 2.18. The van der Waals surface area contributed by atoms with Crippen molar-refractivity contribution in [3.63, 3.8) is 0 Å². The van der Waals surface area contributed by atoms with Crippen LogP contribution in [0, 0.1) is 6.92 Å². The second kappa shape index (κ2) is 7.56. The molecule has 2 heterocycles. The number of rotatable bonds is 7. The lowest BCUT2D eigenvalue weighted by Crippen LogP contribution is -2.33. The Balaban J connectivity index is 2.22. The van der Waals surface area contributed by atoms with Crippen molar-refractivity contribution in [1.29, 1.82) is 0 Å². The van der Waals surface area contributed by atoms with E-state index >= 15 is 0 Å². The first-order valence-corrected chi connectivity index (χ1v) is 7.14. The minimum absolute atomic E-state index is 0.122. The average Bonchev–Trinajstić information content (AvgIpc) is 2.92. The summed E-state index contributed by atoms with van der Waals surface area (Å²) in [5.74, 6) is 0.847. The van der Waals surface area contributed by atoms with Crippen molar-refractivity contribution in [2.24, 2.45) is 0 Å². The summed E-state index contributed by atoms with van der Waals surface area (Å²) in [4.78, 5) is 25.5. The van der Waals surface area contributed by atoms with Crippen LogP contribution in [0.2, 0.25) is 0 Å². The molecule has 0 aliphatic rings. The highest BCUT2D eigenvalue weighted by atomic mass is 16.5. The lowest BCUT2D eigenvalue weighted by atomic mass is 10.2. The molecule has 0 unspecified atom stereocenters. The van der Waals surface area contributed by atoms with E-state index < -0.39 is 0 Å². The van der Waals surface area contributed by atoms with E-state index in [2.05, 4.69) is 15.0 Å². The zero-order valence-corrected chi connectivity index (χ0v) is 12.7. The number of pyridine rings is 1. The van der Waals surface area contributed by atoms with E-state index in [4.69, 9.17) is 4.74 Å². The SMILES string of the molecule is CCOc1ncccc1C(=O)N(CCO)Cc1cnc(C)[nH]1. The van der Waals surface area contributed by atoms with Gasteiger partial charge in [0.15, 0.2) is 0 Å². The van der Waals surface area contributed by atoms with Gasteiger partial charge in [-0.05, 0) is 26.0 Å². The van der Waals surface area contributed by atoms with Gasteiger partial charge in [0, 0.05) is 12.7 Å². The molecule has 0 saturated heterocycles. The number of nitrogens with zero attached hydrogens (tertiary/aromatic N) is 3. The fraction of sp³-hybridized carbons (Fsp3) is 0.400. The zero-order valence-electron chi connectivity index (χ0n) is 12.7. The standard InChI is InChI=1S/C15H20N4O3/c1-3-22-14-13(5-4-6-16-14)15(21)19(7-8-20)10-12-9-17-11(2)18-12/h4-6,9,20H,3,7-8,10H2,1-2H3,(H,17,18). The molecule has 118 valence electrons. The first-order valence-electron chi connectivity index (χ1n) is 7.14. The molecule has 0 saturated carbocycles. The fourth-order valence-corrected chi connectivity index (χ4v) is 2.11. The number of carbonyl (C=O) groups is 1. The van der Waals surface area contributed by atoms with E-state index in [1.54, 1.807) is 24.5 Å². The van der Waals surface area contributed by atoms with Gasteiger partial charge in [-0.1, -0.05) is 0 Å². The number of ether oxygens (including phenoxy) is 1. The Bertz CT molecular complexity index is 627. The number of aliphatic hydroxyl groups excluding tert-OH is 1. The normalized spacial score (nSPS) is 10.5. The molecule has 2 N–H and O–H groups in total. The lowest BCUT2D eigenvalue weighted by molar-refractivity contribution is 0.0700. The van der Waals surface area contributed by atoms with Gasteiger partial charge >= 0.3 is 0 Å². The van der Waals surface area contributed by atoms with Crippen molar-refractivity contribution >= 4 is 5.91 Å². The van der Waals surface area contributed by atoms with E-state index in [0.717, 1.165) is 11.5 Å². The van der Waals surface area contributed by atoms with Gasteiger partial charge in [0.2, 0.25) is 5.88 Å². The molecule has 7 heteroatoms. The number of carbonyl (C=O) groups excluding carboxylic acids is 1. The molecule has 2 aromatic heterocycles. The van der Waals surface area contributed by atoms with Crippen molar-refractivity contribution in [1.82, 2.24) is 19.9 Å². The predicted octanol–water partition coefficient (Wildman–Crippen LogP) is 1.15. The van der Waals surface area contributed by atoms with Gasteiger partial charge in [-0.15, -0.1) is 0 Å².